The number of para-hydroxylation sites is 1. The molecule has 0 saturated carbocycles. The maximum atomic E-state index is 14.3. The van der Waals surface area contributed by atoms with E-state index in [-0.39, 0.29) is 16.9 Å². The number of aliphatic hydroxyl groups excluding tert-OH is 10. The van der Waals surface area contributed by atoms with Crippen LogP contribution in [-0.4, -0.2) is 184 Å². The number of halogens is 1. The Bertz CT molecular complexity index is 2470. The van der Waals surface area contributed by atoms with Crippen LogP contribution >= 0.6 is 0 Å². The lowest BCUT2D eigenvalue weighted by Gasteiger charge is -2.48. The van der Waals surface area contributed by atoms with Crippen LogP contribution in [0.4, 0.5) is 10.1 Å². The minimum atomic E-state index is -2.08. The Balaban J connectivity index is 1.16. The van der Waals surface area contributed by atoms with Gasteiger partial charge in [0.25, 0.3) is 5.91 Å². The molecule has 4 fully saturated rings. The van der Waals surface area contributed by atoms with E-state index in [0.29, 0.717) is 22.4 Å². The number of anilines is 1. The van der Waals surface area contributed by atoms with Crippen LogP contribution in [0.25, 0.3) is 11.1 Å². The molecular formula is C47H50FNO21. The van der Waals surface area contributed by atoms with Crippen molar-refractivity contribution >= 4 is 23.5 Å². The predicted molar refractivity (Wildman–Crippen MR) is 230 cm³/mol. The van der Waals surface area contributed by atoms with Crippen LogP contribution in [0.1, 0.15) is 34.9 Å². The second-order valence-corrected chi connectivity index (χ2v) is 17.1. The van der Waals surface area contributed by atoms with Crippen molar-refractivity contribution < 1.29 is 108 Å². The maximum absolute atomic E-state index is 14.3. The summed E-state index contributed by atoms with van der Waals surface area (Å²) < 4.78 is 49.1. The highest BCUT2D eigenvalue weighted by Gasteiger charge is 2.54. The summed E-state index contributed by atoms with van der Waals surface area (Å²) in [6.45, 7) is -1.24. The summed E-state index contributed by atoms with van der Waals surface area (Å²) in [7, 11) is 0. The van der Waals surface area contributed by atoms with Gasteiger partial charge in [0.2, 0.25) is 6.29 Å². The van der Waals surface area contributed by atoms with Gasteiger partial charge in [0, 0.05) is 11.3 Å². The van der Waals surface area contributed by atoms with E-state index in [1.54, 1.807) is 60.7 Å². The van der Waals surface area contributed by atoms with Crippen LogP contribution in [0.5, 0.6) is 5.75 Å². The van der Waals surface area contributed by atoms with Crippen molar-refractivity contribution in [1.82, 2.24) is 0 Å². The van der Waals surface area contributed by atoms with Crippen LogP contribution in [0.2, 0.25) is 0 Å². The quantitative estimate of drug-likeness (QED) is 0.0597. The minimum absolute atomic E-state index is 0.144. The zero-order valence-electron chi connectivity index (χ0n) is 36.4. The fourth-order valence-corrected chi connectivity index (χ4v) is 8.79. The Morgan fingerprint density at radius 1 is 0.643 bits per heavy atom. The number of carbonyl (C=O) groups is 3. The lowest BCUT2D eigenvalue weighted by Crippen LogP contribution is -2.62. The molecule has 0 aromatic heterocycles. The number of benzene rings is 4. The number of hydrogen-bond acceptors (Lipinski definition) is 19. The standard InChI is InChI=1S/C47H50FNO21/c48-23-13-10-20(11-14-23)28(68-47-38(59)33(54)36(57)42(70-47)45(63)64)18-65-40-29(49(43(40)60)24-4-2-1-3-5-24)25-15-12-22(16-26(25)67-46-37(58)32(53)35(56)41(69-46)44(61)62)19-6-8-21(9-7-19)39-34(55)31(52)30(51)27(17-50)66-39/h1-16,27-42,46-47,50-59H,17-18H2,(H,61,62)(H,63,64)/t27-,28+,29-,30-,31+,32?,33+,34-,35?,36-,37?,38?,39?,40-,41?,42?,46-,47-/m1/s1. The van der Waals surface area contributed by atoms with Crippen LogP contribution in [0, 0.1) is 5.82 Å². The number of ether oxygens (including phenoxy) is 6. The fourth-order valence-electron chi connectivity index (χ4n) is 8.79. The molecule has 8 rings (SSSR count). The van der Waals surface area contributed by atoms with E-state index < -0.39 is 147 Å². The molecule has 4 aromatic rings. The molecule has 4 heterocycles. The van der Waals surface area contributed by atoms with Gasteiger partial charge in [-0.25, -0.2) is 14.0 Å². The molecule has 23 heteroatoms. The molecule has 376 valence electrons. The Labute approximate surface area is 396 Å². The summed E-state index contributed by atoms with van der Waals surface area (Å²) in [5.74, 6) is -4.84. The highest BCUT2D eigenvalue weighted by atomic mass is 19.1. The first-order valence-electron chi connectivity index (χ1n) is 21.9. The van der Waals surface area contributed by atoms with Gasteiger partial charge < -0.3 is 89.7 Å². The van der Waals surface area contributed by atoms with Crippen molar-refractivity contribution in [1.29, 1.82) is 0 Å². The number of carbonyl (C=O) groups excluding carboxylic acids is 1. The number of nitrogens with zero attached hydrogens (tertiary/aromatic N) is 1. The van der Waals surface area contributed by atoms with Gasteiger partial charge in [-0.05, 0) is 52.6 Å². The third-order valence-corrected chi connectivity index (χ3v) is 12.7. The van der Waals surface area contributed by atoms with Gasteiger partial charge in [-0.1, -0.05) is 66.7 Å². The van der Waals surface area contributed by atoms with Crippen LogP contribution in [-0.2, 0) is 38.1 Å². The zero-order valence-corrected chi connectivity index (χ0v) is 36.4. The van der Waals surface area contributed by atoms with Crippen LogP contribution in [0.3, 0.4) is 0 Å². The number of rotatable bonds is 15. The zero-order chi connectivity index (χ0) is 50.3. The highest BCUT2D eigenvalue weighted by molar-refractivity contribution is 6.05. The van der Waals surface area contributed by atoms with Crippen molar-refractivity contribution in [3.8, 4) is 16.9 Å². The molecule has 4 saturated heterocycles. The molecule has 18 atom stereocenters. The summed E-state index contributed by atoms with van der Waals surface area (Å²) in [4.78, 5) is 39.6. The molecule has 4 aliphatic heterocycles. The summed E-state index contributed by atoms with van der Waals surface area (Å²) in [5.41, 5.74) is 1.89. The van der Waals surface area contributed by atoms with Crippen LogP contribution in [0.15, 0.2) is 97.1 Å². The van der Waals surface area contributed by atoms with Crippen molar-refractivity contribution in [2.45, 2.75) is 110 Å². The number of aliphatic carboxylic acids is 2. The van der Waals surface area contributed by atoms with Crippen molar-refractivity contribution in [3.63, 3.8) is 0 Å². The van der Waals surface area contributed by atoms with Crippen molar-refractivity contribution in [2.24, 2.45) is 0 Å². The Morgan fingerprint density at radius 2 is 1.21 bits per heavy atom. The SMILES string of the molecule is O=C(O)C1O[C@@H](Oc2cc(-c3ccc(C4O[C@H](CO)[C@@H](O)[C@H](O)[C@H]4O)cc3)ccc2[C@@H]2[C@@H](OC[C@H](O[C@@H]3OC(C(=O)O)[C@H](O)[C@H](O)C3O)c3ccc(F)cc3)C(=O)N2c2ccccc2)C(O)C(O)C1O. The molecule has 0 spiro atoms. The average Bonchev–Trinajstić information content (AvgIpc) is 3.35. The van der Waals surface area contributed by atoms with E-state index in [2.05, 4.69) is 0 Å². The Kier molecular flexibility index (Phi) is 15.3. The van der Waals surface area contributed by atoms with Crippen LogP contribution < -0.4 is 9.64 Å². The van der Waals surface area contributed by atoms with Gasteiger partial charge in [-0.15, -0.1) is 0 Å². The first-order valence-corrected chi connectivity index (χ1v) is 21.9. The average molecular weight is 984 g/mol. The summed E-state index contributed by atoms with van der Waals surface area (Å²) in [6.07, 6.45) is -30.2. The molecule has 7 unspecified atom stereocenters. The second kappa shape index (κ2) is 21.0. The number of hydrogen-bond donors (Lipinski definition) is 12. The third-order valence-electron chi connectivity index (χ3n) is 12.7. The Hall–Kier alpha value is -5.58. The largest absolute Gasteiger partial charge is 0.479 e. The lowest BCUT2D eigenvalue weighted by atomic mass is 9.87. The molecule has 12 N–H and O–H groups in total. The van der Waals surface area contributed by atoms with Gasteiger partial charge in [0.1, 0.15) is 90.9 Å². The molecule has 4 aromatic carbocycles. The molecule has 1 amide bonds. The summed E-state index contributed by atoms with van der Waals surface area (Å²) in [5, 5.41) is 124. The number of aliphatic hydroxyl groups is 10. The molecule has 0 radical (unpaired) electrons. The molecule has 70 heavy (non-hydrogen) atoms. The van der Waals surface area contributed by atoms with Gasteiger partial charge in [-0.2, -0.15) is 0 Å². The van der Waals surface area contributed by atoms with E-state index >= 15 is 0 Å². The summed E-state index contributed by atoms with van der Waals surface area (Å²) in [6, 6.07) is 22.6. The first-order chi connectivity index (χ1) is 33.4. The molecule has 0 aliphatic carbocycles. The van der Waals surface area contributed by atoms with E-state index in [4.69, 9.17) is 28.4 Å². The normalized spacial score (nSPS) is 34.9. The van der Waals surface area contributed by atoms with E-state index in [0.717, 1.165) is 12.1 Å². The van der Waals surface area contributed by atoms with Crippen molar-refractivity contribution in [3.05, 3.63) is 120 Å². The number of carboxylic acids is 2. The number of amides is 1. The first kappa shape index (κ1) is 50.8. The molecule has 22 nitrogen and oxygen atoms in total. The maximum Gasteiger partial charge on any atom is 0.335 e. The number of carboxylic acid groups (broad SMARTS) is 2. The second-order valence-electron chi connectivity index (χ2n) is 17.1. The third kappa shape index (κ3) is 9.87. The lowest BCUT2D eigenvalue weighted by molar-refractivity contribution is -0.309. The highest BCUT2D eigenvalue weighted by Crippen LogP contribution is 2.47. The number of β-lactam (4-membered cyclic amide) rings is 1. The van der Waals surface area contributed by atoms with Crippen molar-refractivity contribution in [2.75, 3.05) is 18.1 Å². The summed E-state index contributed by atoms with van der Waals surface area (Å²) >= 11 is 0. The smallest absolute Gasteiger partial charge is 0.335 e. The van der Waals surface area contributed by atoms with Gasteiger partial charge in [0.05, 0.1) is 13.2 Å². The van der Waals surface area contributed by atoms with Gasteiger partial charge in [0.15, 0.2) is 24.6 Å². The van der Waals surface area contributed by atoms with Gasteiger partial charge in [-0.3, -0.25) is 9.69 Å². The minimum Gasteiger partial charge on any atom is -0.479 e. The fraction of sp³-hybridized carbons (Fsp3) is 0.426. The van der Waals surface area contributed by atoms with E-state index in [1.807, 2.05) is 0 Å². The monoisotopic (exact) mass is 983 g/mol. The topological polar surface area (TPSA) is 353 Å². The predicted octanol–water partition coefficient (Wildman–Crippen LogP) is -1.60. The Morgan fingerprint density at radius 3 is 1.81 bits per heavy atom. The molecular weight excluding hydrogens is 934 g/mol. The molecule has 0 bridgehead atoms. The molecule has 4 aliphatic rings. The van der Waals surface area contributed by atoms with E-state index in [9.17, 15) is 80.1 Å². The van der Waals surface area contributed by atoms with Gasteiger partial charge >= 0.3 is 11.9 Å². The van der Waals surface area contributed by atoms with E-state index in [1.165, 1.54) is 29.2 Å².